The number of para-hydroxylation sites is 1. The monoisotopic (exact) mass is 371 g/mol. The van der Waals surface area contributed by atoms with Crippen LogP contribution in [0.5, 0.6) is 0 Å². The van der Waals surface area contributed by atoms with E-state index >= 15 is 0 Å². The highest BCUT2D eigenvalue weighted by Gasteiger charge is 2.18. The van der Waals surface area contributed by atoms with Crippen LogP contribution < -0.4 is 10.5 Å². The number of hydrogen-bond acceptors (Lipinski definition) is 4. The normalized spacial score (nSPS) is 12.2. The lowest BCUT2D eigenvalue weighted by Crippen LogP contribution is -2.23. The fourth-order valence-corrected chi connectivity index (χ4v) is 4.07. The first-order valence-corrected chi connectivity index (χ1v) is 9.66. The Morgan fingerprint density at radius 2 is 2.00 bits per heavy atom. The molecule has 2 heterocycles. The van der Waals surface area contributed by atoms with E-state index in [1.165, 1.54) is 16.7 Å². The third-order valence-corrected chi connectivity index (χ3v) is 5.79. The maximum Gasteiger partial charge on any atom is 0.419 e. The van der Waals surface area contributed by atoms with Crippen LogP contribution in [-0.2, 0) is 23.1 Å². The lowest BCUT2D eigenvalue weighted by molar-refractivity contribution is 0.512. The molecule has 0 bridgehead atoms. The van der Waals surface area contributed by atoms with Gasteiger partial charge >= 0.3 is 5.76 Å². The highest BCUT2D eigenvalue weighted by atomic mass is 32.2. The van der Waals surface area contributed by atoms with Gasteiger partial charge in [0.1, 0.15) is 0 Å². The Kier molecular flexibility index (Phi) is 3.93. The number of nitrogens with zero attached hydrogens (tertiary/aromatic N) is 1. The molecule has 2 aromatic heterocycles. The van der Waals surface area contributed by atoms with Crippen molar-refractivity contribution in [1.29, 1.82) is 0 Å². The Morgan fingerprint density at radius 1 is 1.19 bits per heavy atom. The summed E-state index contributed by atoms with van der Waals surface area (Å²) in [7, 11) is -3.74. The Labute approximate surface area is 149 Å². The van der Waals surface area contributed by atoms with E-state index in [0.29, 0.717) is 12.1 Å². The first-order chi connectivity index (χ1) is 12.5. The van der Waals surface area contributed by atoms with Crippen molar-refractivity contribution in [2.75, 3.05) is 0 Å². The zero-order chi connectivity index (χ0) is 18.3. The smallest absolute Gasteiger partial charge is 0.408 e. The summed E-state index contributed by atoms with van der Waals surface area (Å²) >= 11 is 0. The lowest BCUT2D eigenvalue weighted by atomic mass is 10.2. The minimum absolute atomic E-state index is 0.0573. The molecule has 4 aromatic rings. The number of oxazole rings is 1. The number of benzene rings is 2. The maximum absolute atomic E-state index is 12.6. The van der Waals surface area contributed by atoms with Gasteiger partial charge in [-0.05, 0) is 30.7 Å². The Morgan fingerprint density at radius 3 is 2.81 bits per heavy atom. The van der Waals surface area contributed by atoms with Crippen LogP contribution in [0.25, 0.3) is 22.0 Å². The summed E-state index contributed by atoms with van der Waals surface area (Å²) in [6, 6.07) is 12.1. The molecule has 7 nitrogen and oxygen atoms in total. The van der Waals surface area contributed by atoms with E-state index in [-0.39, 0.29) is 17.0 Å². The van der Waals surface area contributed by atoms with Crippen molar-refractivity contribution < 1.29 is 12.8 Å². The molecule has 0 atom stereocenters. The SMILES string of the molecule is CCn1c(=O)oc2cc(S(=O)(=O)NCc3c[nH]c4ccccc34)ccc21. The minimum Gasteiger partial charge on any atom is -0.408 e. The molecule has 2 aromatic carbocycles. The lowest BCUT2D eigenvalue weighted by Gasteiger charge is -2.06. The summed E-state index contributed by atoms with van der Waals surface area (Å²) in [4.78, 5) is 14.9. The van der Waals surface area contributed by atoms with E-state index in [9.17, 15) is 13.2 Å². The van der Waals surface area contributed by atoms with Gasteiger partial charge in [-0.3, -0.25) is 4.57 Å². The molecule has 0 aliphatic rings. The van der Waals surface area contributed by atoms with E-state index in [1.807, 2.05) is 31.2 Å². The van der Waals surface area contributed by atoms with Crippen molar-refractivity contribution in [2.45, 2.75) is 24.9 Å². The summed E-state index contributed by atoms with van der Waals surface area (Å²) in [5.41, 5.74) is 2.64. The van der Waals surface area contributed by atoms with Crippen LogP contribution in [-0.4, -0.2) is 18.0 Å². The average molecular weight is 371 g/mol. The molecule has 0 unspecified atom stereocenters. The Bertz CT molecular complexity index is 1260. The number of aromatic amines is 1. The predicted molar refractivity (Wildman–Crippen MR) is 98.5 cm³/mol. The number of aryl methyl sites for hydroxylation is 1. The van der Waals surface area contributed by atoms with Crippen LogP contribution in [0.3, 0.4) is 0 Å². The minimum atomic E-state index is -3.74. The van der Waals surface area contributed by atoms with E-state index in [1.54, 1.807) is 12.3 Å². The molecule has 4 rings (SSSR count). The topological polar surface area (TPSA) is 97.1 Å². The second-order valence-corrected chi connectivity index (χ2v) is 7.69. The maximum atomic E-state index is 12.6. The second-order valence-electron chi connectivity index (χ2n) is 5.93. The summed E-state index contributed by atoms with van der Waals surface area (Å²) in [6.07, 6.45) is 1.79. The molecule has 134 valence electrons. The highest BCUT2D eigenvalue weighted by molar-refractivity contribution is 7.89. The number of sulfonamides is 1. The van der Waals surface area contributed by atoms with Crippen molar-refractivity contribution in [3.8, 4) is 0 Å². The highest BCUT2D eigenvalue weighted by Crippen LogP contribution is 2.20. The van der Waals surface area contributed by atoms with Gasteiger partial charge in [-0.2, -0.15) is 0 Å². The molecule has 0 radical (unpaired) electrons. The Balaban J connectivity index is 1.64. The van der Waals surface area contributed by atoms with Gasteiger partial charge in [-0.15, -0.1) is 0 Å². The quantitative estimate of drug-likeness (QED) is 0.563. The molecule has 0 saturated heterocycles. The van der Waals surface area contributed by atoms with Crippen LogP contribution in [0.2, 0.25) is 0 Å². The van der Waals surface area contributed by atoms with Crippen molar-refractivity contribution >= 4 is 32.0 Å². The van der Waals surface area contributed by atoms with Gasteiger partial charge in [-0.1, -0.05) is 18.2 Å². The third kappa shape index (κ3) is 2.73. The third-order valence-electron chi connectivity index (χ3n) is 4.39. The van der Waals surface area contributed by atoms with Gasteiger partial charge in [0.15, 0.2) is 5.58 Å². The van der Waals surface area contributed by atoms with Gasteiger partial charge < -0.3 is 9.40 Å². The molecule has 0 saturated carbocycles. The van der Waals surface area contributed by atoms with E-state index in [4.69, 9.17) is 4.42 Å². The number of nitrogens with one attached hydrogen (secondary N) is 2. The second kappa shape index (κ2) is 6.15. The molecule has 0 fully saturated rings. The summed E-state index contributed by atoms with van der Waals surface area (Å²) in [5.74, 6) is -0.496. The van der Waals surface area contributed by atoms with Crippen molar-refractivity contribution in [2.24, 2.45) is 0 Å². The van der Waals surface area contributed by atoms with Gasteiger partial charge in [0, 0.05) is 36.3 Å². The zero-order valence-corrected chi connectivity index (χ0v) is 14.8. The number of aromatic nitrogens is 2. The number of H-pyrrole nitrogens is 1. The standard InChI is InChI=1S/C18H17N3O4S/c1-2-21-16-8-7-13(9-17(16)25-18(21)22)26(23,24)20-11-12-10-19-15-6-4-3-5-14(12)15/h3-10,19-20H,2,11H2,1H3. The van der Waals surface area contributed by atoms with Crippen LogP contribution in [0.1, 0.15) is 12.5 Å². The molecule has 0 spiro atoms. The number of hydrogen-bond donors (Lipinski definition) is 2. The van der Waals surface area contributed by atoms with Crippen LogP contribution in [0.15, 0.2) is 62.8 Å². The zero-order valence-electron chi connectivity index (χ0n) is 14.0. The van der Waals surface area contributed by atoms with Crippen LogP contribution in [0, 0.1) is 0 Å². The summed E-state index contributed by atoms with van der Waals surface area (Å²) in [5, 5.41) is 0.969. The largest absolute Gasteiger partial charge is 0.419 e. The van der Waals surface area contributed by atoms with Gasteiger partial charge in [-0.25, -0.2) is 17.9 Å². The van der Waals surface area contributed by atoms with Crippen molar-refractivity contribution in [3.05, 3.63) is 64.8 Å². The van der Waals surface area contributed by atoms with Crippen LogP contribution >= 0.6 is 0 Å². The molecule has 0 amide bonds. The van der Waals surface area contributed by atoms with Gasteiger partial charge in [0.2, 0.25) is 10.0 Å². The van der Waals surface area contributed by atoms with Gasteiger partial charge in [0.05, 0.1) is 10.4 Å². The first-order valence-electron chi connectivity index (χ1n) is 8.17. The molecule has 0 aliphatic carbocycles. The molecular weight excluding hydrogens is 354 g/mol. The fourth-order valence-electron chi connectivity index (χ4n) is 3.05. The van der Waals surface area contributed by atoms with Crippen molar-refractivity contribution in [1.82, 2.24) is 14.3 Å². The average Bonchev–Trinajstić information content (AvgIpc) is 3.19. The molecule has 0 aliphatic heterocycles. The van der Waals surface area contributed by atoms with Gasteiger partial charge in [0.25, 0.3) is 0 Å². The van der Waals surface area contributed by atoms with E-state index in [0.717, 1.165) is 16.5 Å². The molecular formula is C18H17N3O4S. The molecule has 26 heavy (non-hydrogen) atoms. The predicted octanol–water partition coefficient (Wildman–Crippen LogP) is 2.57. The van der Waals surface area contributed by atoms with Crippen LogP contribution in [0.4, 0.5) is 0 Å². The summed E-state index contributed by atoms with van der Waals surface area (Å²) < 4.78 is 34.4. The van der Waals surface area contributed by atoms with E-state index in [2.05, 4.69) is 9.71 Å². The fraction of sp³-hybridized carbons (Fsp3) is 0.167. The Hall–Kier alpha value is -2.84. The van der Waals surface area contributed by atoms with E-state index < -0.39 is 15.8 Å². The molecule has 8 heteroatoms. The first kappa shape index (κ1) is 16.6. The number of rotatable bonds is 5. The molecule has 2 N–H and O–H groups in total. The number of fused-ring (bicyclic) bond motifs is 2. The summed E-state index contributed by atoms with van der Waals surface area (Å²) in [6.45, 7) is 2.44. The van der Waals surface area contributed by atoms with Crippen molar-refractivity contribution in [3.63, 3.8) is 0 Å².